The van der Waals surface area contributed by atoms with Gasteiger partial charge in [0.25, 0.3) is 5.91 Å². The third-order valence-corrected chi connectivity index (χ3v) is 8.98. The number of alkyl halides is 1. The maximum Gasteiger partial charge on any atom is 0.326 e. The standard InChI is InChI=1S/C25H29ClFNO4/c26-25-10-13-6-15(11-25)22(16(7-13)12-25)32-21-9-19(27)18(8-17(21)14-3-4-14)23(29)28-5-1-2-20(28)24(30)31/h8-9,13-16,20,22H,1-7,10-12H2,(H,30,31)/t13?,15-,16-,20?,22?,25?/m0/s1. The molecular formula is C25H29ClFNO4. The van der Waals surface area contributed by atoms with E-state index in [2.05, 4.69) is 0 Å². The molecule has 1 aliphatic heterocycles. The van der Waals surface area contributed by atoms with E-state index in [0.717, 1.165) is 50.5 Å². The van der Waals surface area contributed by atoms with E-state index >= 15 is 4.39 Å². The van der Waals surface area contributed by atoms with E-state index in [0.29, 0.717) is 42.9 Å². The summed E-state index contributed by atoms with van der Waals surface area (Å²) in [4.78, 5) is 25.8. The number of carbonyl (C=O) groups excluding carboxylic acids is 1. The van der Waals surface area contributed by atoms with Crippen LogP contribution in [0, 0.1) is 23.6 Å². The first-order chi connectivity index (χ1) is 15.3. The second-order valence-corrected chi connectivity index (χ2v) is 11.6. The lowest BCUT2D eigenvalue weighted by atomic mass is 9.54. The van der Waals surface area contributed by atoms with Crippen LogP contribution in [0.25, 0.3) is 0 Å². The minimum Gasteiger partial charge on any atom is -0.489 e. The Labute approximate surface area is 192 Å². The smallest absolute Gasteiger partial charge is 0.326 e. The van der Waals surface area contributed by atoms with Crippen LogP contribution in [0.2, 0.25) is 0 Å². The predicted molar refractivity (Wildman–Crippen MR) is 117 cm³/mol. The molecule has 1 heterocycles. The van der Waals surface area contributed by atoms with E-state index in [1.54, 1.807) is 6.07 Å². The van der Waals surface area contributed by atoms with Crippen LogP contribution >= 0.6 is 11.6 Å². The first-order valence-electron chi connectivity index (χ1n) is 12.0. The van der Waals surface area contributed by atoms with Gasteiger partial charge in [0, 0.05) is 17.5 Å². The highest BCUT2D eigenvalue weighted by Crippen LogP contribution is 2.59. The van der Waals surface area contributed by atoms with Crippen molar-refractivity contribution in [2.75, 3.05) is 6.54 Å². The Bertz CT molecular complexity index is 963. The highest BCUT2D eigenvalue weighted by Gasteiger charge is 2.56. The van der Waals surface area contributed by atoms with Crippen molar-refractivity contribution in [1.82, 2.24) is 4.90 Å². The summed E-state index contributed by atoms with van der Waals surface area (Å²) < 4.78 is 21.8. The Morgan fingerprint density at radius 3 is 2.47 bits per heavy atom. The van der Waals surface area contributed by atoms with Gasteiger partial charge in [-0.1, -0.05) is 0 Å². The summed E-state index contributed by atoms with van der Waals surface area (Å²) in [5.41, 5.74) is 0.868. The van der Waals surface area contributed by atoms with Crippen molar-refractivity contribution in [2.45, 2.75) is 80.7 Å². The maximum atomic E-state index is 15.2. The minimum atomic E-state index is -1.03. The first kappa shape index (κ1) is 20.8. The topological polar surface area (TPSA) is 66.8 Å². The van der Waals surface area contributed by atoms with Crippen LogP contribution in [0.4, 0.5) is 4.39 Å². The van der Waals surface area contributed by atoms with Gasteiger partial charge in [0.15, 0.2) is 0 Å². The summed E-state index contributed by atoms with van der Waals surface area (Å²) in [5.74, 6) is 0.181. The average Bonchev–Trinajstić information content (AvgIpc) is 3.43. The lowest BCUT2D eigenvalue weighted by Gasteiger charge is -2.57. The molecule has 0 spiro atoms. The molecule has 6 aliphatic rings. The maximum absolute atomic E-state index is 15.2. The Morgan fingerprint density at radius 1 is 1.12 bits per heavy atom. The molecule has 5 saturated carbocycles. The summed E-state index contributed by atoms with van der Waals surface area (Å²) in [7, 11) is 0. The highest BCUT2D eigenvalue weighted by atomic mass is 35.5. The number of carboxylic acid groups (broad SMARTS) is 1. The summed E-state index contributed by atoms with van der Waals surface area (Å²) in [6, 6.07) is 2.15. The quantitative estimate of drug-likeness (QED) is 0.629. The number of likely N-dealkylation sites (tertiary alicyclic amines) is 1. The van der Waals surface area contributed by atoms with Crippen molar-refractivity contribution >= 4 is 23.5 Å². The summed E-state index contributed by atoms with van der Waals surface area (Å²) in [5, 5.41) is 9.43. The van der Waals surface area contributed by atoms with Gasteiger partial charge < -0.3 is 14.7 Å². The predicted octanol–water partition coefficient (Wildman–Crippen LogP) is 4.96. The van der Waals surface area contributed by atoms with E-state index in [1.807, 2.05) is 0 Å². The van der Waals surface area contributed by atoms with Crippen molar-refractivity contribution in [1.29, 1.82) is 0 Å². The number of carboxylic acids is 1. The van der Waals surface area contributed by atoms with E-state index in [1.165, 1.54) is 11.0 Å². The first-order valence-corrected chi connectivity index (χ1v) is 12.4. The molecule has 1 amide bonds. The van der Waals surface area contributed by atoms with Crippen molar-refractivity contribution in [2.24, 2.45) is 17.8 Å². The van der Waals surface area contributed by atoms with Gasteiger partial charge in [-0.2, -0.15) is 0 Å². The van der Waals surface area contributed by atoms with Crippen LogP contribution in [0.3, 0.4) is 0 Å². The molecule has 1 saturated heterocycles. The summed E-state index contributed by atoms with van der Waals surface area (Å²) >= 11 is 6.87. The Hall–Kier alpha value is -1.82. The van der Waals surface area contributed by atoms with E-state index in [4.69, 9.17) is 16.3 Å². The van der Waals surface area contributed by atoms with Crippen molar-refractivity contribution in [3.8, 4) is 5.75 Å². The molecule has 5 nitrogen and oxygen atoms in total. The zero-order valence-electron chi connectivity index (χ0n) is 18.1. The number of amides is 1. The minimum absolute atomic E-state index is 0.0304. The molecule has 1 aromatic rings. The van der Waals surface area contributed by atoms with Gasteiger partial charge in [0.05, 0.1) is 5.56 Å². The van der Waals surface area contributed by atoms with E-state index < -0.39 is 23.7 Å². The lowest BCUT2D eigenvalue weighted by Crippen LogP contribution is -2.56. The molecule has 1 N–H and O–H groups in total. The highest BCUT2D eigenvalue weighted by molar-refractivity contribution is 6.24. The third kappa shape index (κ3) is 3.41. The molecule has 1 aromatic carbocycles. The number of aliphatic carboxylic acids is 1. The van der Waals surface area contributed by atoms with Gasteiger partial charge in [0.2, 0.25) is 0 Å². The molecular weight excluding hydrogens is 433 g/mol. The normalized spacial score (nSPS) is 37.7. The van der Waals surface area contributed by atoms with Gasteiger partial charge in [-0.3, -0.25) is 4.79 Å². The monoisotopic (exact) mass is 461 g/mol. The number of hydrogen-bond acceptors (Lipinski definition) is 3. The zero-order chi connectivity index (χ0) is 22.2. The molecule has 1 unspecified atom stereocenters. The van der Waals surface area contributed by atoms with Gasteiger partial charge >= 0.3 is 5.97 Å². The largest absolute Gasteiger partial charge is 0.489 e. The lowest BCUT2D eigenvalue weighted by molar-refractivity contribution is -0.141. The van der Waals surface area contributed by atoms with Crippen molar-refractivity contribution in [3.05, 3.63) is 29.1 Å². The van der Waals surface area contributed by atoms with Crippen molar-refractivity contribution < 1.29 is 23.8 Å². The van der Waals surface area contributed by atoms with E-state index in [-0.39, 0.29) is 22.5 Å². The SMILES string of the molecule is O=C(O)C1CCCN1C(=O)c1cc(C2CC2)c(OC2[C@H]3CC4C[C@H]2CC(Cl)(C4)C3)cc1F. The molecule has 5 aliphatic carbocycles. The number of hydrogen-bond donors (Lipinski definition) is 1. The third-order valence-electron chi connectivity index (χ3n) is 8.52. The average molecular weight is 462 g/mol. The Morgan fingerprint density at radius 2 is 1.84 bits per heavy atom. The second-order valence-electron chi connectivity index (χ2n) is 10.8. The molecule has 3 atom stereocenters. The fourth-order valence-corrected chi connectivity index (χ4v) is 7.80. The molecule has 32 heavy (non-hydrogen) atoms. The zero-order valence-corrected chi connectivity index (χ0v) is 18.8. The van der Waals surface area contributed by atoms with Gasteiger partial charge in [-0.25, -0.2) is 9.18 Å². The van der Waals surface area contributed by atoms with Gasteiger partial charge in [-0.05, 0) is 93.1 Å². The Balaban J connectivity index is 1.29. The summed E-state index contributed by atoms with van der Waals surface area (Å²) in [6.45, 7) is 0.346. The number of nitrogens with zero attached hydrogens (tertiary/aromatic N) is 1. The molecule has 7 rings (SSSR count). The van der Waals surface area contributed by atoms with Crippen LogP contribution in [0.1, 0.15) is 79.6 Å². The second kappa shape index (κ2) is 7.34. The van der Waals surface area contributed by atoms with Gasteiger partial charge in [0.1, 0.15) is 23.7 Å². The fraction of sp³-hybridized carbons (Fsp3) is 0.680. The molecule has 172 valence electrons. The van der Waals surface area contributed by atoms with Crippen LogP contribution in [0.15, 0.2) is 12.1 Å². The van der Waals surface area contributed by atoms with Crippen molar-refractivity contribution in [3.63, 3.8) is 0 Å². The van der Waals surface area contributed by atoms with Crippen LogP contribution in [0.5, 0.6) is 5.75 Å². The van der Waals surface area contributed by atoms with Gasteiger partial charge in [-0.15, -0.1) is 11.6 Å². The van der Waals surface area contributed by atoms with Crippen LogP contribution < -0.4 is 4.74 Å². The molecule has 6 fully saturated rings. The van der Waals surface area contributed by atoms with Crippen LogP contribution in [-0.2, 0) is 4.79 Å². The van der Waals surface area contributed by atoms with E-state index in [9.17, 15) is 14.7 Å². The number of ether oxygens (including phenoxy) is 1. The molecule has 7 heteroatoms. The summed E-state index contributed by atoms with van der Waals surface area (Å²) in [6.07, 6.45) is 8.42. The Kier molecular flexibility index (Phi) is 4.76. The molecule has 4 bridgehead atoms. The number of carbonyl (C=O) groups is 2. The molecule has 0 aromatic heterocycles. The number of benzene rings is 1. The number of halogens is 2. The van der Waals surface area contributed by atoms with Crippen LogP contribution in [-0.4, -0.2) is 45.4 Å². The molecule has 0 radical (unpaired) electrons. The fourth-order valence-electron chi connectivity index (χ4n) is 7.19. The number of rotatable bonds is 5.